The molecule has 0 bridgehead atoms. The highest BCUT2D eigenvalue weighted by Gasteiger charge is 2.27. The normalized spacial score (nSPS) is 20.1. The zero-order chi connectivity index (χ0) is 9.54. The number of hydrogen-bond acceptors (Lipinski definition) is 4. The van der Waals surface area contributed by atoms with E-state index in [4.69, 9.17) is 4.52 Å². The summed E-state index contributed by atoms with van der Waals surface area (Å²) >= 11 is 0. The molecule has 0 fully saturated rings. The number of hydrogen-bond donors (Lipinski definition) is 1. The molecule has 0 atom stereocenters. The van der Waals surface area contributed by atoms with Gasteiger partial charge in [-0.05, 0) is 12.8 Å². The summed E-state index contributed by atoms with van der Waals surface area (Å²) in [7, 11) is 0. The molecule has 2 aliphatic rings. The van der Waals surface area contributed by atoms with Crippen molar-refractivity contribution in [2.45, 2.75) is 25.7 Å². The zero-order valence-corrected chi connectivity index (χ0v) is 7.67. The fraction of sp³-hybridized carbons (Fsp3) is 0.400. The smallest absolute Gasteiger partial charge is 0.232 e. The van der Waals surface area contributed by atoms with Gasteiger partial charge in [-0.1, -0.05) is 5.16 Å². The van der Waals surface area contributed by atoms with E-state index in [1.54, 1.807) is 6.20 Å². The molecule has 1 aliphatic heterocycles. The van der Waals surface area contributed by atoms with Crippen LogP contribution in [0.4, 0.5) is 5.88 Å². The Labute approximate surface area is 81.0 Å². The van der Waals surface area contributed by atoms with Gasteiger partial charge in [0.25, 0.3) is 0 Å². The molecule has 3 rings (SSSR count). The molecule has 72 valence electrons. The second-order valence-corrected chi connectivity index (χ2v) is 3.72. The first kappa shape index (κ1) is 7.79. The maximum Gasteiger partial charge on any atom is 0.232 e. The standard InChI is InChI=1S/C10H10N2O2/c13-9-3-1-2-8-7(9)4-6-5-11-14-10(6)12-8/h5,12H,1-4H2. The van der Waals surface area contributed by atoms with Crippen LogP contribution < -0.4 is 5.32 Å². The predicted octanol–water partition coefficient (Wildman–Crippen LogP) is 1.65. The number of fused-ring (bicyclic) bond motifs is 1. The summed E-state index contributed by atoms with van der Waals surface area (Å²) in [6.07, 6.45) is 4.92. The molecule has 0 saturated heterocycles. The molecule has 1 aliphatic carbocycles. The third-order valence-corrected chi connectivity index (χ3v) is 2.81. The molecule has 1 aromatic heterocycles. The first-order chi connectivity index (χ1) is 6.84. The fourth-order valence-corrected chi connectivity index (χ4v) is 2.06. The molecule has 14 heavy (non-hydrogen) atoms. The van der Waals surface area contributed by atoms with E-state index < -0.39 is 0 Å². The highest BCUT2D eigenvalue weighted by molar-refractivity contribution is 5.98. The Hall–Kier alpha value is -1.58. The Morgan fingerprint density at radius 2 is 2.36 bits per heavy atom. The van der Waals surface area contributed by atoms with E-state index in [-0.39, 0.29) is 5.78 Å². The molecule has 0 amide bonds. The molecule has 0 radical (unpaired) electrons. The van der Waals surface area contributed by atoms with Gasteiger partial charge in [-0.15, -0.1) is 0 Å². The second kappa shape index (κ2) is 2.70. The summed E-state index contributed by atoms with van der Waals surface area (Å²) in [5, 5.41) is 6.85. The number of carbonyl (C=O) groups is 1. The van der Waals surface area contributed by atoms with Crippen molar-refractivity contribution < 1.29 is 9.32 Å². The van der Waals surface area contributed by atoms with Crippen LogP contribution in [0, 0.1) is 0 Å². The topological polar surface area (TPSA) is 55.1 Å². The van der Waals surface area contributed by atoms with Gasteiger partial charge in [0.1, 0.15) is 0 Å². The summed E-state index contributed by atoms with van der Waals surface area (Å²) in [6.45, 7) is 0. The van der Waals surface area contributed by atoms with Crippen molar-refractivity contribution in [3.05, 3.63) is 23.0 Å². The molecule has 0 aromatic carbocycles. The Bertz CT molecular complexity index is 431. The van der Waals surface area contributed by atoms with Gasteiger partial charge >= 0.3 is 0 Å². The lowest BCUT2D eigenvalue weighted by atomic mass is 9.89. The molecule has 2 heterocycles. The van der Waals surface area contributed by atoms with Gasteiger partial charge in [0.2, 0.25) is 5.88 Å². The highest BCUT2D eigenvalue weighted by Crippen LogP contribution is 2.33. The van der Waals surface area contributed by atoms with Crippen LogP contribution in [-0.4, -0.2) is 10.9 Å². The Morgan fingerprint density at radius 1 is 1.43 bits per heavy atom. The molecular formula is C10H10N2O2. The van der Waals surface area contributed by atoms with Crippen LogP contribution in [0.25, 0.3) is 0 Å². The molecule has 4 nitrogen and oxygen atoms in total. The third-order valence-electron chi connectivity index (χ3n) is 2.81. The summed E-state index contributed by atoms with van der Waals surface area (Å²) < 4.78 is 5.03. The van der Waals surface area contributed by atoms with Crippen molar-refractivity contribution in [1.29, 1.82) is 0 Å². The summed E-state index contributed by atoms with van der Waals surface area (Å²) in [6, 6.07) is 0. The number of allylic oxidation sites excluding steroid dienone is 2. The summed E-state index contributed by atoms with van der Waals surface area (Å²) in [5.74, 6) is 0.976. The van der Waals surface area contributed by atoms with E-state index in [2.05, 4.69) is 10.5 Å². The molecule has 1 aromatic rings. The molecular weight excluding hydrogens is 180 g/mol. The van der Waals surface area contributed by atoms with Crippen LogP contribution in [-0.2, 0) is 11.2 Å². The average molecular weight is 190 g/mol. The number of aromatic nitrogens is 1. The Kier molecular flexibility index (Phi) is 1.50. The van der Waals surface area contributed by atoms with Crippen LogP contribution in [0.3, 0.4) is 0 Å². The highest BCUT2D eigenvalue weighted by atomic mass is 16.5. The van der Waals surface area contributed by atoms with Gasteiger partial charge in [0.05, 0.1) is 6.20 Å². The van der Waals surface area contributed by atoms with Gasteiger partial charge in [-0.25, -0.2) is 0 Å². The molecule has 0 unspecified atom stereocenters. The van der Waals surface area contributed by atoms with Crippen molar-refractivity contribution in [3.8, 4) is 0 Å². The summed E-state index contributed by atoms with van der Waals surface area (Å²) in [4.78, 5) is 11.6. The first-order valence-electron chi connectivity index (χ1n) is 4.80. The van der Waals surface area contributed by atoms with Gasteiger partial charge in [0, 0.05) is 29.7 Å². The van der Waals surface area contributed by atoms with Crippen molar-refractivity contribution in [2.24, 2.45) is 0 Å². The number of carbonyl (C=O) groups excluding carboxylic acids is 1. The Morgan fingerprint density at radius 3 is 3.29 bits per heavy atom. The van der Waals surface area contributed by atoms with Gasteiger partial charge in [-0.3, -0.25) is 4.79 Å². The van der Waals surface area contributed by atoms with Crippen molar-refractivity contribution >= 4 is 11.7 Å². The van der Waals surface area contributed by atoms with E-state index >= 15 is 0 Å². The van der Waals surface area contributed by atoms with Crippen molar-refractivity contribution in [2.75, 3.05) is 5.32 Å². The maximum absolute atomic E-state index is 11.6. The third kappa shape index (κ3) is 0.999. The summed E-state index contributed by atoms with van der Waals surface area (Å²) in [5.41, 5.74) is 2.94. The number of nitrogens with one attached hydrogen (secondary N) is 1. The van der Waals surface area contributed by atoms with E-state index in [1.807, 2.05) is 0 Å². The average Bonchev–Trinajstić information content (AvgIpc) is 2.62. The largest absolute Gasteiger partial charge is 0.338 e. The van der Waals surface area contributed by atoms with Crippen LogP contribution in [0.1, 0.15) is 24.8 Å². The zero-order valence-electron chi connectivity index (χ0n) is 7.67. The van der Waals surface area contributed by atoms with E-state index in [0.717, 1.165) is 29.7 Å². The van der Waals surface area contributed by atoms with Crippen LogP contribution >= 0.6 is 0 Å². The number of anilines is 1. The molecule has 1 N–H and O–H groups in total. The van der Waals surface area contributed by atoms with Crippen LogP contribution in [0.2, 0.25) is 0 Å². The lowest BCUT2D eigenvalue weighted by Crippen LogP contribution is -2.21. The molecule has 0 saturated carbocycles. The van der Waals surface area contributed by atoms with Gasteiger partial charge < -0.3 is 9.84 Å². The molecule has 4 heteroatoms. The lowest BCUT2D eigenvalue weighted by Gasteiger charge is -2.23. The van der Waals surface area contributed by atoms with E-state index in [0.29, 0.717) is 18.7 Å². The minimum absolute atomic E-state index is 0.269. The second-order valence-electron chi connectivity index (χ2n) is 3.72. The van der Waals surface area contributed by atoms with Crippen LogP contribution in [0.5, 0.6) is 0 Å². The minimum atomic E-state index is 0.269. The van der Waals surface area contributed by atoms with Gasteiger partial charge in [-0.2, -0.15) is 0 Å². The quantitative estimate of drug-likeness (QED) is 0.675. The number of Topliss-reactive ketones (excluding diaryl/α,β-unsaturated/α-hetero) is 1. The van der Waals surface area contributed by atoms with Crippen LogP contribution in [0.15, 0.2) is 22.0 Å². The molecule has 0 spiro atoms. The van der Waals surface area contributed by atoms with E-state index in [1.165, 1.54) is 0 Å². The number of ketones is 1. The minimum Gasteiger partial charge on any atom is -0.338 e. The Balaban J connectivity index is 2.04. The van der Waals surface area contributed by atoms with Crippen molar-refractivity contribution in [3.63, 3.8) is 0 Å². The SMILES string of the molecule is O=C1CCCC2=C1Cc1cnoc1N2. The fourth-order valence-electron chi connectivity index (χ4n) is 2.06. The number of rotatable bonds is 0. The van der Waals surface area contributed by atoms with Gasteiger partial charge in [0.15, 0.2) is 5.78 Å². The monoisotopic (exact) mass is 190 g/mol. The lowest BCUT2D eigenvalue weighted by molar-refractivity contribution is -0.116. The number of nitrogens with zero attached hydrogens (tertiary/aromatic N) is 1. The maximum atomic E-state index is 11.6. The predicted molar refractivity (Wildman–Crippen MR) is 49.7 cm³/mol. The van der Waals surface area contributed by atoms with E-state index in [9.17, 15) is 4.79 Å². The first-order valence-corrected chi connectivity index (χ1v) is 4.80. The van der Waals surface area contributed by atoms with Crippen molar-refractivity contribution in [1.82, 2.24) is 5.16 Å².